The molecule has 1 rings (SSSR count). The number of nitrogens with zero attached hydrogens (tertiary/aromatic N) is 1. The maximum Gasteiger partial charge on any atom is 0.326 e. The molecular weight excluding hydrogens is 206 g/mol. The summed E-state index contributed by atoms with van der Waals surface area (Å²) >= 11 is 0. The molecule has 0 bridgehead atoms. The summed E-state index contributed by atoms with van der Waals surface area (Å²) in [7, 11) is 0. The van der Waals surface area contributed by atoms with Crippen LogP contribution in [0.1, 0.15) is 19.4 Å². The Balaban J connectivity index is 2.60. The third-order valence-corrected chi connectivity index (χ3v) is 2.03. The maximum absolute atomic E-state index is 11.5. The minimum absolute atomic E-state index is 0.0220. The van der Waals surface area contributed by atoms with E-state index in [2.05, 4.69) is 0 Å². The number of carbonyl (C=O) groups excluding carboxylic acids is 1. The quantitative estimate of drug-likeness (QED) is 0.724. The van der Waals surface area contributed by atoms with Crippen LogP contribution < -0.4 is 5.56 Å². The van der Waals surface area contributed by atoms with E-state index in [0.717, 1.165) is 5.56 Å². The van der Waals surface area contributed by atoms with Crippen LogP contribution in [0.4, 0.5) is 0 Å². The Hall–Kier alpha value is -1.58. The van der Waals surface area contributed by atoms with Gasteiger partial charge in [0.25, 0.3) is 5.56 Å². The molecule has 0 saturated heterocycles. The zero-order chi connectivity index (χ0) is 12.1. The number of rotatable bonds is 4. The summed E-state index contributed by atoms with van der Waals surface area (Å²) < 4.78 is 6.34. The van der Waals surface area contributed by atoms with E-state index in [0.29, 0.717) is 12.5 Å². The zero-order valence-electron chi connectivity index (χ0n) is 9.90. The standard InChI is InChI=1S/C12H17NO3/c1-9(2)8-16-12(15)7-13-5-4-10(3)6-11(13)14/h4-6,9H,7-8H2,1-3H3. The Labute approximate surface area is 94.9 Å². The predicted molar refractivity (Wildman–Crippen MR) is 61.2 cm³/mol. The Bertz CT molecular complexity index is 421. The van der Waals surface area contributed by atoms with Crippen LogP contribution >= 0.6 is 0 Å². The smallest absolute Gasteiger partial charge is 0.326 e. The van der Waals surface area contributed by atoms with Crippen LogP contribution in [0, 0.1) is 12.8 Å². The molecule has 4 nitrogen and oxygen atoms in total. The summed E-state index contributed by atoms with van der Waals surface area (Å²) in [5.41, 5.74) is 0.707. The largest absolute Gasteiger partial charge is 0.464 e. The lowest BCUT2D eigenvalue weighted by Crippen LogP contribution is -2.25. The topological polar surface area (TPSA) is 48.3 Å². The van der Waals surface area contributed by atoms with Crippen LogP contribution in [0.25, 0.3) is 0 Å². The van der Waals surface area contributed by atoms with Crippen LogP contribution in [-0.2, 0) is 16.1 Å². The molecule has 0 saturated carbocycles. The van der Waals surface area contributed by atoms with Crippen molar-refractivity contribution in [2.75, 3.05) is 6.61 Å². The van der Waals surface area contributed by atoms with E-state index < -0.39 is 0 Å². The number of hydrogen-bond acceptors (Lipinski definition) is 3. The number of pyridine rings is 1. The van der Waals surface area contributed by atoms with E-state index in [4.69, 9.17) is 4.74 Å². The first-order valence-corrected chi connectivity index (χ1v) is 5.31. The second-order valence-corrected chi connectivity index (χ2v) is 4.25. The second kappa shape index (κ2) is 5.49. The molecule has 0 aliphatic heterocycles. The summed E-state index contributed by atoms with van der Waals surface area (Å²) in [5, 5.41) is 0. The van der Waals surface area contributed by atoms with Gasteiger partial charge in [-0.25, -0.2) is 0 Å². The van der Waals surface area contributed by atoms with Crippen LogP contribution in [0.2, 0.25) is 0 Å². The van der Waals surface area contributed by atoms with Gasteiger partial charge in [-0.3, -0.25) is 9.59 Å². The fraction of sp³-hybridized carbons (Fsp3) is 0.500. The highest BCUT2D eigenvalue weighted by Gasteiger charge is 2.06. The molecule has 0 amide bonds. The normalized spacial score (nSPS) is 10.5. The molecule has 1 aromatic heterocycles. The van der Waals surface area contributed by atoms with Gasteiger partial charge in [-0.15, -0.1) is 0 Å². The molecular formula is C12H17NO3. The van der Waals surface area contributed by atoms with Crippen LogP contribution in [-0.4, -0.2) is 17.1 Å². The van der Waals surface area contributed by atoms with Crippen molar-refractivity contribution in [3.05, 3.63) is 34.2 Å². The first-order chi connectivity index (χ1) is 7.49. The molecule has 88 valence electrons. The van der Waals surface area contributed by atoms with E-state index in [-0.39, 0.29) is 18.1 Å². The van der Waals surface area contributed by atoms with Gasteiger partial charge in [0.15, 0.2) is 0 Å². The number of aromatic nitrogens is 1. The Morgan fingerprint density at radius 3 is 2.75 bits per heavy atom. The van der Waals surface area contributed by atoms with Crippen LogP contribution in [0.3, 0.4) is 0 Å². The van der Waals surface area contributed by atoms with E-state index in [1.807, 2.05) is 20.8 Å². The summed E-state index contributed by atoms with van der Waals surface area (Å²) in [4.78, 5) is 22.8. The van der Waals surface area contributed by atoms with Gasteiger partial charge in [0.05, 0.1) is 6.61 Å². The number of carbonyl (C=O) groups is 1. The average Bonchev–Trinajstić information content (AvgIpc) is 2.19. The van der Waals surface area contributed by atoms with Gasteiger partial charge < -0.3 is 9.30 Å². The first kappa shape index (κ1) is 12.5. The first-order valence-electron chi connectivity index (χ1n) is 5.31. The Morgan fingerprint density at radius 2 is 2.19 bits per heavy atom. The van der Waals surface area contributed by atoms with Crippen molar-refractivity contribution < 1.29 is 9.53 Å². The van der Waals surface area contributed by atoms with Crippen molar-refractivity contribution in [1.82, 2.24) is 4.57 Å². The van der Waals surface area contributed by atoms with Gasteiger partial charge in [-0.1, -0.05) is 13.8 Å². The fourth-order valence-electron chi connectivity index (χ4n) is 1.18. The number of aryl methyl sites for hydroxylation is 1. The maximum atomic E-state index is 11.5. The highest BCUT2D eigenvalue weighted by Crippen LogP contribution is 1.95. The lowest BCUT2D eigenvalue weighted by atomic mass is 10.2. The molecule has 0 N–H and O–H groups in total. The van der Waals surface area contributed by atoms with E-state index >= 15 is 0 Å². The third-order valence-electron chi connectivity index (χ3n) is 2.03. The third kappa shape index (κ3) is 3.88. The molecule has 16 heavy (non-hydrogen) atoms. The van der Waals surface area contributed by atoms with E-state index in [1.54, 1.807) is 12.3 Å². The van der Waals surface area contributed by atoms with Gasteiger partial charge in [-0.2, -0.15) is 0 Å². The molecule has 0 fully saturated rings. The number of ether oxygens (including phenoxy) is 1. The average molecular weight is 223 g/mol. The fourth-order valence-corrected chi connectivity index (χ4v) is 1.18. The summed E-state index contributed by atoms with van der Waals surface area (Å²) in [6, 6.07) is 3.28. The van der Waals surface area contributed by atoms with Gasteiger partial charge in [0.1, 0.15) is 6.54 Å². The molecule has 0 aliphatic rings. The summed E-state index contributed by atoms with van der Waals surface area (Å²) in [6.45, 7) is 6.13. The molecule has 0 radical (unpaired) electrons. The molecule has 0 aromatic carbocycles. The summed E-state index contributed by atoms with van der Waals surface area (Å²) in [5.74, 6) is -0.0710. The van der Waals surface area contributed by atoms with Crippen LogP contribution in [0.15, 0.2) is 23.1 Å². The minimum Gasteiger partial charge on any atom is -0.464 e. The summed E-state index contributed by atoms with van der Waals surface area (Å²) in [6.07, 6.45) is 1.61. The van der Waals surface area contributed by atoms with Gasteiger partial charge >= 0.3 is 5.97 Å². The minimum atomic E-state index is -0.375. The highest BCUT2D eigenvalue weighted by molar-refractivity contribution is 5.69. The monoisotopic (exact) mass is 223 g/mol. The lowest BCUT2D eigenvalue weighted by Gasteiger charge is -2.08. The van der Waals surface area contributed by atoms with Crippen molar-refractivity contribution in [2.45, 2.75) is 27.3 Å². The van der Waals surface area contributed by atoms with Gasteiger partial charge in [0.2, 0.25) is 0 Å². The van der Waals surface area contributed by atoms with Gasteiger partial charge in [0, 0.05) is 12.3 Å². The SMILES string of the molecule is Cc1ccn(CC(=O)OCC(C)C)c(=O)c1. The van der Waals surface area contributed by atoms with Crippen molar-refractivity contribution in [1.29, 1.82) is 0 Å². The van der Waals surface area contributed by atoms with Crippen molar-refractivity contribution in [3.63, 3.8) is 0 Å². The lowest BCUT2D eigenvalue weighted by molar-refractivity contribution is -0.145. The molecule has 1 heterocycles. The van der Waals surface area contributed by atoms with Crippen molar-refractivity contribution in [3.8, 4) is 0 Å². The molecule has 0 spiro atoms. The molecule has 0 unspecified atom stereocenters. The van der Waals surface area contributed by atoms with Gasteiger partial charge in [-0.05, 0) is 24.5 Å². The predicted octanol–water partition coefficient (Wildman–Crippen LogP) is 1.36. The van der Waals surface area contributed by atoms with E-state index in [1.165, 1.54) is 10.6 Å². The molecule has 4 heteroatoms. The van der Waals surface area contributed by atoms with E-state index in [9.17, 15) is 9.59 Å². The second-order valence-electron chi connectivity index (χ2n) is 4.25. The van der Waals surface area contributed by atoms with Crippen LogP contribution in [0.5, 0.6) is 0 Å². The number of esters is 1. The Kier molecular flexibility index (Phi) is 4.28. The molecule has 1 aromatic rings. The Morgan fingerprint density at radius 1 is 1.50 bits per heavy atom. The molecule has 0 atom stereocenters. The van der Waals surface area contributed by atoms with Crippen molar-refractivity contribution >= 4 is 5.97 Å². The van der Waals surface area contributed by atoms with Crippen molar-refractivity contribution in [2.24, 2.45) is 5.92 Å². The highest BCUT2D eigenvalue weighted by atomic mass is 16.5. The number of hydrogen-bond donors (Lipinski definition) is 0. The zero-order valence-corrected chi connectivity index (χ0v) is 9.90. The molecule has 0 aliphatic carbocycles.